The lowest BCUT2D eigenvalue weighted by atomic mass is 10.0. The highest BCUT2D eigenvalue weighted by Crippen LogP contribution is 2.41. The number of hydrogen-bond donors (Lipinski definition) is 0. The second kappa shape index (κ2) is 6.01. The number of nitrogens with zero attached hydrogens (tertiary/aromatic N) is 2. The van der Waals surface area contributed by atoms with Crippen LogP contribution >= 0.6 is 0 Å². The van der Waals surface area contributed by atoms with Crippen LogP contribution in [-0.4, -0.2) is 11.7 Å². The van der Waals surface area contributed by atoms with Gasteiger partial charge in [-0.3, -0.25) is 0 Å². The van der Waals surface area contributed by atoms with Crippen LogP contribution in [0.2, 0.25) is 0 Å². The van der Waals surface area contributed by atoms with Gasteiger partial charge in [0.05, 0.1) is 24.9 Å². The number of aryl methyl sites for hydroxylation is 2. The summed E-state index contributed by atoms with van der Waals surface area (Å²) in [4.78, 5) is 0. The number of imidazole rings is 1. The van der Waals surface area contributed by atoms with Gasteiger partial charge in [0.15, 0.2) is 22.4 Å². The molecule has 0 aliphatic heterocycles. The SMILES string of the molecule is COc1cc2c(c3c1oc1ccccc13)[n+]1c3ccccc3c3cccc(C)c3c1n2C. The summed E-state index contributed by atoms with van der Waals surface area (Å²) in [5.41, 5.74) is 7.53. The maximum absolute atomic E-state index is 6.32. The molecule has 0 aliphatic rings. The topological polar surface area (TPSA) is 31.4 Å². The quantitative estimate of drug-likeness (QED) is 0.227. The number of furan rings is 1. The van der Waals surface area contributed by atoms with Crippen LogP contribution in [0.1, 0.15) is 5.56 Å². The lowest BCUT2D eigenvalue weighted by molar-refractivity contribution is -0.448. The molecule has 0 spiro atoms. The third kappa shape index (κ3) is 2.00. The highest BCUT2D eigenvalue weighted by atomic mass is 16.5. The van der Waals surface area contributed by atoms with Gasteiger partial charge in [-0.2, -0.15) is 4.40 Å². The predicted molar refractivity (Wildman–Crippen MR) is 130 cm³/mol. The number of rotatable bonds is 1. The second-order valence-electron chi connectivity index (χ2n) is 8.48. The molecule has 154 valence electrons. The molecule has 32 heavy (non-hydrogen) atoms. The number of benzene rings is 4. The fourth-order valence-corrected chi connectivity index (χ4v) is 5.44. The van der Waals surface area contributed by atoms with Crippen LogP contribution in [0.15, 0.2) is 77.2 Å². The highest BCUT2D eigenvalue weighted by Gasteiger charge is 2.29. The van der Waals surface area contributed by atoms with Gasteiger partial charge in [0, 0.05) is 22.2 Å². The van der Waals surface area contributed by atoms with Gasteiger partial charge in [0.2, 0.25) is 0 Å². The van der Waals surface area contributed by atoms with E-state index in [2.05, 4.69) is 83.6 Å². The van der Waals surface area contributed by atoms with Crippen LogP contribution < -0.4 is 9.14 Å². The van der Waals surface area contributed by atoms with Crippen molar-refractivity contribution in [3.8, 4) is 5.75 Å². The molecule has 3 aromatic heterocycles. The van der Waals surface area contributed by atoms with Crippen molar-refractivity contribution in [2.24, 2.45) is 7.05 Å². The van der Waals surface area contributed by atoms with E-state index in [9.17, 15) is 0 Å². The van der Waals surface area contributed by atoms with Crippen molar-refractivity contribution in [3.63, 3.8) is 0 Å². The zero-order valence-corrected chi connectivity index (χ0v) is 18.1. The molecular formula is C28H21N2O2+. The summed E-state index contributed by atoms with van der Waals surface area (Å²) in [6.07, 6.45) is 0. The van der Waals surface area contributed by atoms with Crippen LogP contribution in [0.25, 0.3) is 60.3 Å². The Kier molecular flexibility index (Phi) is 3.31. The van der Waals surface area contributed by atoms with E-state index < -0.39 is 0 Å². The number of hydrogen-bond acceptors (Lipinski definition) is 2. The van der Waals surface area contributed by atoms with E-state index in [0.29, 0.717) is 0 Å². The Labute approximate surface area is 183 Å². The number of para-hydroxylation sites is 2. The lowest BCUT2D eigenvalue weighted by Crippen LogP contribution is -2.23. The fourth-order valence-electron chi connectivity index (χ4n) is 5.44. The van der Waals surface area contributed by atoms with Gasteiger partial charge in [0.25, 0.3) is 5.65 Å². The number of pyridine rings is 1. The first-order valence-electron chi connectivity index (χ1n) is 10.8. The molecule has 0 aliphatic carbocycles. The van der Waals surface area contributed by atoms with Gasteiger partial charge >= 0.3 is 0 Å². The van der Waals surface area contributed by atoms with Crippen molar-refractivity contribution < 1.29 is 13.6 Å². The monoisotopic (exact) mass is 417 g/mol. The molecule has 0 bridgehead atoms. The Balaban J connectivity index is 1.93. The maximum Gasteiger partial charge on any atom is 0.295 e. The van der Waals surface area contributed by atoms with Gasteiger partial charge < -0.3 is 9.15 Å². The standard InChI is InChI=1S/C28H21N2O2/c1-16-9-8-12-18-17-10-4-6-13-20(17)30-26-21(29(2)28(30)24(16)18)15-23(31-3)27-25(26)19-11-5-7-14-22(19)32-27/h4-15H,1-3H3/q+1. The van der Waals surface area contributed by atoms with Crippen LogP contribution in [-0.2, 0) is 7.05 Å². The zero-order valence-electron chi connectivity index (χ0n) is 18.1. The molecule has 0 saturated heterocycles. The molecule has 0 fully saturated rings. The average Bonchev–Trinajstić information content (AvgIpc) is 3.35. The van der Waals surface area contributed by atoms with Crippen molar-refractivity contribution in [1.29, 1.82) is 0 Å². The average molecular weight is 417 g/mol. The molecule has 7 rings (SSSR count). The number of methoxy groups -OCH3 is 1. The van der Waals surface area contributed by atoms with Crippen LogP contribution in [0.3, 0.4) is 0 Å². The molecule has 4 aromatic carbocycles. The molecule has 7 aromatic rings. The van der Waals surface area contributed by atoms with Crippen LogP contribution in [0, 0.1) is 6.92 Å². The molecule has 0 atom stereocenters. The van der Waals surface area contributed by atoms with Crippen LogP contribution in [0.4, 0.5) is 0 Å². The Morgan fingerprint density at radius 3 is 2.44 bits per heavy atom. The van der Waals surface area contributed by atoms with E-state index >= 15 is 0 Å². The fraction of sp³-hybridized carbons (Fsp3) is 0.107. The minimum atomic E-state index is 0.750. The number of ether oxygens (including phenoxy) is 1. The lowest BCUT2D eigenvalue weighted by Gasteiger charge is -2.07. The predicted octanol–water partition coefficient (Wildman–Crippen LogP) is 6.44. The normalized spacial score (nSPS) is 12.2. The summed E-state index contributed by atoms with van der Waals surface area (Å²) in [5.74, 6) is 0.750. The van der Waals surface area contributed by atoms with Crippen molar-refractivity contribution in [2.75, 3.05) is 7.11 Å². The molecular weight excluding hydrogens is 396 g/mol. The molecule has 0 amide bonds. The summed E-state index contributed by atoms with van der Waals surface area (Å²) in [5, 5.41) is 5.97. The molecule has 4 nitrogen and oxygen atoms in total. The smallest absolute Gasteiger partial charge is 0.295 e. The Hall–Kier alpha value is -4.05. The van der Waals surface area contributed by atoms with E-state index in [1.807, 2.05) is 12.1 Å². The Bertz CT molecular complexity index is 1890. The molecule has 0 N–H and O–H groups in total. The summed E-state index contributed by atoms with van der Waals surface area (Å²) >= 11 is 0. The summed E-state index contributed by atoms with van der Waals surface area (Å²) in [6.45, 7) is 2.19. The highest BCUT2D eigenvalue weighted by molar-refractivity contribution is 6.20. The molecule has 0 unspecified atom stereocenters. The first-order chi connectivity index (χ1) is 15.7. The Morgan fingerprint density at radius 2 is 1.59 bits per heavy atom. The first kappa shape index (κ1) is 17.6. The molecule has 3 heterocycles. The largest absolute Gasteiger partial charge is 0.493 e. The number of aromatic nitrogens is 2. The van der Waals surface area contributed by atoms with Crippen molar-refractivity contribution in [2.45, 2.75) is 6.92 Å². The third-order valence-electron chi connectivity index (χ3n) is 6.83. The zero-order chi connectivity index (χ0) is 21.6. The van der Waals surface area contributed by atoms with Crippen molar-refractivity contribution >= 4 is 60.3 Å². The molecule has 0 radical (unpaired) electrons. The van der Waals surface area contributed by atoms with Gasteiger partial charge in [-0.05, 0) is 24.6 Å². The van der Waals surface area contributed by atoms with Gasteiger partial charge in [-0.1, -0.05) is 54.6 Å². The molecule has 4 heteroatoms. The van der Waals surface area contributed by atoms with E-state index in [4.69, 9.17) is 9.15 Å². The minimum Gasteiger partial charge on any atom is -0.493 e. The summed E-state index contributed by atoms with van der Waals surface area (Å²) in [7, 11) is 3.85. The van der Waals surface area contributed by atoms with Crippen LogP contribution in [0.5, 0.6) is 5.75 Å². The van der Waals surface area contributed by atoms with E-state index in [1.165, 1.54) is 32.9 Å². The van der Waals surface area contributed by atoms with Gasteiger partial charge in [0.1, 0.15) is 11.1 Å². The summed E-state index contributed by atoms with van der Waals surface area (Å²) in [6, 6.07) is 25.6. The third-order valence-corrected chi connectivity index (χ3v) is 6.83. The van der Waals surface area contributed by atoms with Gasteiger partial charge in [-0.25, -0.2) is 4.57 Å². The first-order valence-corrected chi connectivity index (χ1v) is 10.8. The Morgan fingerprint density at radius 1 is 0.844 bits per heavy atom. The van der Waals surface area contributed by atoms with Crippen molar-refractivity contribution in [3.05, 3.63) is 78.4 Å². The van der Waals surface area contributed by atoms with E-state index in [0.717, 1.165) is 38.7 Å². The maximum atomic E-state index is 6.32. The van der Waals surface area contributed by atoms with E-state index in [1.54, 1.807) is 7.11 Å². The molecule has 0 saturated carbocycles. The second-order valence-corrected chi connectivity index (χ2v) is 8.48. The number of fused-ring (bicyclic) bond motifs is 12. The van der Waals surface area contributed by atoms with Crippen molar-refractivity contribution in [1.82, 2.24) is 4.57 Å². The van der Waals surface area contributed by atoms with Gasteiger partial charge in [-0.15, -0.1) is 0 Å². The summed E-state index contributed by atoms with van der Waals surface area (Å²) < 4.78 is 16.8. The van der Waals surface area contributed by atoms with E-state index in [-0.39, 0.29) is 0 Å². The minimum absolute atomic E-state index is 0.750.